The van der Waals surface area contributed by atoms with Gasteiger partial charge in [0.1, 0.15) is 0 Å². The minimum atomic E-state index is 0.0596. The van der Waals surface area contributed by atoms with Gasteiger partial charge in [-0.3, -0.25) is 4.98 Å². The van der Waals surface area contributed by atoms with Crippen molar-refractivity contribution >= 4 is 17.3 Å². The molecule has 0 amide bonds. The summed E-state index contributed by atoms with van der Waals surface area (Å²) in [5, 5.41) is 4.34. The van der Waals surface area contributed by atoms with E-state index in [1.165, 1.54) is 31.4 Å². The number of nitrogens with one attached hydrogen (secondary N) is 1. The Labute approximate surface area is 167 Å². The van der Waals surface area contributed by atoms with E-state index in [2.05, 4.69) is 23.5 Å². The summed E-state index contributed by atoms with van der Waals surface area (Å²) in [5.41, 5.74) is 2.45. The van der Waals surface area contributed by atoms with Crippen molar-refractivity contribution in [2.75, 3.05) is 18.5 Å². The molecule has 1 N–H and O–H groups in total. The van der Waals surface area contributed by atoms with Crippen LogP contribution in [0.3, 0.4) is 0 Å². The molecule has 1 saturated heterocycles. The Morgan fingerprint density at radius 2 is 1.93 bits per heavy atom. The van der Waals surface area contributed by atoms with Gasteiger partial charge in [0.05, 0.1) is 5.60 Å². The van der Waals surface area contributed by atoms with Gasteiger partial charge in [-0.05, 0) is 68.9 Å². The molecule has 2 fully saturated rings. The van der Waals surface area contributed by atoms with Crippen LogP contribution in [0.4, 0.5) is 5.69 Å². The summed E-state index contributed by atoms with van der Waals surface area (Å²) in [6.45, 7) is 1.79. The summed E-state index contributed by atoms with van der Waals surface area (Å²) in [4.78, 5) is 4.81. The summed E-state index contributed by atoms with van der Waals surface area (Å²) < 4.78 is 6.44. The highest BCUT2D eigenvalue weighted by Gasteiger charge is 2.46. The second-order valence-electron chi connectivity index (χ2n) is 8.20. The van der Waals surface area contributed by atoms with Crippen LogP contribution in [0, 0.1) is 0 Å². The number of anilines is 1. The molecule has 2 aromatic rings. The van der Waals surface area contributed by atoms with Crippen LogP contribution < -0.4 is 5.32 Å². The standard InChI is InChI=1S/C23H29ClN2O/c24-19-7-5-8-20(17-19)25-15-13-22(21-9-1-4-14-26-21)10-6-16-27-23(18-22)11-2-3-12-23/h1,4-5,7-9,14,17,25H,2-3,6,10-13,15-16,18H2/t22-/m1/s1. The molecule has 3 nitrogen and oxygen atoms in total. The number of pyridine rings is 1. The number of ether oxygens (including phenoxy) is 1. The molecular formula is C23H29ClN2O. The largest absolute Gasteiger partial charge is 0.385 e. The van der Waals surface area contributed by atoms with E-state index in [1.807, 2.05) is 30.5 Å². The van der Waals surface area contributed by atoms with Crippen molar-refractivity contribution < 1.29 is 4.74 Å². The number of aromatic nitrogens is 1. The van der Waals surface area contributed by atoms with Crippen LogP contribution in [0.5, 0.6) is 0 Å². The van der Waals surface area contributed by atoms with Crippen molar-refractivity contribution in [2.24, 2.45) is 0 Å². The van der Waals surface area contributed by atoms with Gasteiger partial charge in [-0.25, -0.2) is 0 Å². The molecule has 0 bridgehead atoms. The lowest BCUT2D eigenvalue weighted by atomic mass is 9.69. The van der Waals surface area contributed by atoms with E-state index in [0.29, 0.717) is 0 Å². The van der Waals surface area contributed by atoms with E-state index < -0.39 is 0 Å². The van der Waals surface area contributed by atoms with E-state index in [1.54, 1.807) is 0 Å². The van der Waals surface area contributed by atoms with Crippen LogP contribution in [-0.4, -0.2) is 23.7 Å². The van der Waals surface area contributed by atoms with Gasteiger partial charge in [-0.15, -0.1) is 0 Å². The summed E-state index contributed by atoms with van der Waals surface area (Å²) >= 11 is 6.13. The van der Waals surface area contributed by atoms with Gasteiger partial charge in [-0.2, -0.15) is 0 Å². The predicted octanol–water partition coefficient (Wildman–Crippen LogP) is 5.99. The fourth-order valence-corrected chi connectivity index (χ4v) is 5.27. The number of rotatable bonds is 5. The van der Waals surface area contributed by atoms with E-state index in [4.69, 9.17) is 21.3 Å². The fourth-order valence-electron chi connectivity index (χ4n) is 5.08. The van der Waals surface area contributed by atoms with E-state index in [-0.39, 0.29) is 11.0 Å². The molecule has 1 spiro atoms. The van der Waals surface area contributed by atoms with Gasteiger partial charge < -0.3 is 10.1 Å². The monoisotopic (exact) mass is 384 g/mol. The zero-order valence-electron chi connectivity index (χ0n) is 15.9. The third-order valence-corrected chi connectivity index (χ3v) is 6.58. The maximum atomic E-state index is 6.44. The van der Waals surface area contributed by atoms with Gasteiger partial charge in [0.2, 0.25) is 0 Å². The molecule has 1 aromatic carbocycles. The fraction of sp³-hybridized carbons (Fsp3) is 0.522. The predicted molar refractivity (Wildman–Crippen MR) is 111 cm³/mol. The molecule has 1 atom stereocenters. The van der Waals surface area contributed by atoms with E-state index >= 15 is 0 Å². The average Bonchev–Trinajstić information content (AvgIpc) is 3.05. The smallest absolute Gasteiger partial charge is 0.0691 e. The topological polar surface area (TPSA) is 34.2 Å². The maximum absolute atomic E-state index is 6.44. The Bertz CT molecular complexity index is 745. The second-order valence-corrected chi connectivity index (χ2v) is 8.64. The molecule has 1 aliphatic carbocycles. The number of benzene rings is 1. The van der Waals surface area contributed by atoms with Gasteiger partial charge in [0, 0.05) is 41.2 Å². The van der Waals surface area contributed by atoms with Gasteiger partial charge in [-0.1, -0.05) is 36.6 Å². The molecule has 27 heavy (non-hydrogen) atoms. The Morgan fingerprint density at radius 3 is 2.70 bits per heavy atom. The Hall–Kier alpha value is -1.58. The summed E-state index contributed by atoms with van der Waals surface area (Å²) in [6, 6.07) is 14.3. The lowest BCUT2D eigenvalue weighted by Gasteiger charge is -2.39. The van der Waals surface area contributed by atoms with Crippen molar-refractivity contribution in [3.63, 3.8) is 0 Å². The van der Waals surface area contributed by atoms with Crippen LogP contribution in [-0.2, 0) is 10.2 Å². The minimum absolute atomic E-state index is 0.0596. The second kappa shape index (κ2) is 8.20. The van der Waals surface area contributed by atoms with Crippen LogP contribution in [0.1, 0.15) is 57.1 Å². The lowest BCUT2D eigenvalue weighted by molar-refractivity contribution is -0.0458. The van der Waals surface area contributed by atoms with Crippen molar-refractivity contribution in [1.82, 2.24) is 4.98 Å². The highest BCUT2D eigenvalue weighted by Crippen LogP contribution is 2.48. The quantitative estimate of drug-likeness (QED) is 0.687. The zero-order valence-corrected chi connectivity index (χ0v) is 16.7. The molecule has 1 aliphatic heterocycles. The molecule has 1 aromatic heterocycles. The van der Waals surface area contributed by atoms with Gasteiger partial charge in [0.15, 0.2) is 0 Å². The first kappa shape index (κ1) is 18.8. The third-order valence-electron chi connectivity index (χ3n) is 6.35. The highest BCUT2D eigenvalue weighted by molar-refractivity contribution is 6.30. The summed E-state index contributed by atoms with van der Waals surface area (Å²) in [6.07, 6.45) is 11.3. The molecule has 4 rings (SSSR count). The van der Waals surface area contributed by atoms with E-state index in [9.17, 15) is 0 Å². The molecule has 4 heteroatoms. The first-order valence-electron chi connectivity index (χ1n) is 10.2. The molecule has 2 heterocycles. The molecule has 2 aliphatic rings. The van der Waals surface area contributed by atoms with Crippen molar-refractivity contribution in [2.45, 2.75) is 62.4 Å². The Balaban J connectivity index is 1.56. The van der Waals surface area contributed by atoms with E-state index in [0.717, 1.165) is 49.5 Å². The third kappa shape index (κ3) is 4.30. The molecule has 1 saturated carbocycles. The molecule has 0 unspecified atom stereocenters. The minimum Gasteiger partial charge on any atom is -0.385 e. The van der Waals surface area contributed by atoms with Crippen molar-refractivity contribution in [3.8, 4) is 0 Å². The first-order valence-corrected chi connectivity index (χ1v) is 10.6. The van der Waals surface area contributed by atoms with Crippen molar-refractivity contribution in [1.29, 1.82) is 0 Å². The zero-order chi connectivity index (χ0) is 18.6. The Morgan fingerprint density at radius 1 is 1.04 bits per heavy atom. The van der Waals surface area contributed by atoms with Crippen LogP contribution in [0.2, 0.25) is 5.02 Å². The number of hydrogen-bond acceptors (Lipinski definition) is 3. The molecular weight excluding hydrogens is 356 g/mol. The van der Waals surface area contributed by atoms with Crippen LogP contribution >= 0.6 is 11.6 Å². The lowest BCUT2D eigenvalue weighted by Crippen LogP contribution is -2.39. The van der Waals surface area contributed by atoms with Crippen molar-refractivity contribution in [3.05, 3.63) is 59.4 Å². The molecule has 0 radical (unpaired) electrons. The van der Waals surface area contributed by atoms with Crippen LogP contribution in [0.15, 0.2) is 48.7 Å². The Kier molecular flexibility index (Phi) is 5.70. The number of halogens is 1. The maximum Gasteiger partial charge on any atom is 0.0691 e. The normalized spacial score (nSPS) is 24.6. The number of nitrogens with zero attached hydrogens (tertiary/aromatic N) is 1. The summed E-state index contributed by atoms with van der Waals surface area (Å²) in [7, 11) is 0. The first-order chi connectivity index (χ1) is 13.2. The van der Waals surface area contributed by atoms with Gasteiger partial charge >= 0.3 is 0 Å². The van der Waals surface area contributed by atoms with Crippen LogP contribution in [0.25, 0.3) is 0 Å². The summed E-state index contributed by atoms with van der Waals surface area (Å²) in [5.74, 6) is 0. The molecule has 144 valence electrons. The highest BCUT2D eigenvalue weighted by atomic mass is 35.5. The van der Waals surface area contributed by atoms with Gasteiger partial charge in [0.25, 0.3) is 0 Å². The SMILES string of the molecule is Clc1cccc(NCC[C@]2(c3ccccn3)CCCOC3(CCCC3)C2)c1. The average molecular weight is 385 g/mol. The number of hydrogen-bond donors (Lipinski definition) is 1.